The molecule has 0 aliphatic carbocycles. The Balaban J connectivity index is 1.56. The van der Waals surface area contributed by atoms with E-state index in [-0.39, 0.29) is 0 Å². The van der Waals surface area contributed by atoms with E-state index in [0.717, 1.165) is 22.4 Å². The van der Waals surface area contributed by atoms with Gasteiger partial charge in [0.25, 0.3) is 0 Å². The fraction of sp³-hybridized carbons (Fsp3) is 0.0588. The number of para-hydroxylation sites is 1. The van der Waals surface area contributed by atoms with Crippen molar-refractivity contribution in [3.05, 3.63) is 65.7 Å². The zero-order valence-electron chi connectivity index (χ0n) is 10.8. The smallest absolute Gasteiger partial charge is 0.134 e. The quantitative estimate of drug-likeness (QED) is 0.553. The first-order valence-electron chi connectivity index (χ1n) is 6.57. The van der Waals surface area contributed by atoms with E-state index >= 15 is 0 Å². The van der Waals surface area contributed by atoms with Gasteiger partial charge in [-0.3, -0.25) is 0 Å². The maximum absolute atomic E-state index is 5.80. The van der Waals surface area contributed by atoms with Crippen molar-refractivity contribution in [3.8, 4) is 0 Å². The van der Waals surface area contributed by atoms with Crippen LogP contribution < -0.4 is 5.32 Å². The van der Waals surface area contributed by atoms with E-state index < -0.39 is 0 Å². The third-order valence-electron chi connectivity index (χ3n) is 3.40. The van der Waals surface area contributed by atoms with Crippen LogP contribution in [0.1, 0.15) is 5.76 Å². The van der Waals surface area contributed by atoms with Crippen molar-refractivity contribution in [1.29, 1.82) is 0 Å². The number of benzene rings is 2. The molecule has 0 atom stereocenters. The molecule has 0 fully saturated rings. The molecule has 98 valence electrons. The Labute approximate surface area is 120 Å². The van der Waals surface area contributed by atoms with Crippen LogP contribution in [0, 0.1) is 0 Å². The van der Waals surface area contributed by atoms with Crippen molar-refractivity contribution >= 4 is 38.1 Å². The molecule has 2 aromatic carbocycles. The third-order valence-corrected chi connectivity index (χ3v) is 4.29. The first kappa shape index (κ1) is 11.6. The second kappa shape index (κ2) is 4.69. The molecular weight excluding hydrogens is 266 g/mol. The van der Waals surface area contributed by atoms with Crippen LogP contribution in [0.15, 0.2) is 64.4 Å². The third kappa shape index (κ3) is 2.06. The molecule has 0 saturated heterocycles. The summed E-state index contributed by atoms with van der Waals surface area (Å²) in [6, 6.07) is 18.8. The predicted octanol–water partition coefficient (Wildman–Crippen LogP) is 5.26. The maximum atomic E-state index is 5.80. The van der Waals surface area contributed by atoms with E-state index in [9.17, 15) is 0 Å². The van der Waals surface area contributed by atoms with Gasteiger partial charge in [-0.25, -0.2) is 0 Å². The molecule has 2 aromatic heterocycles. The average Bonchev–Trinajstić information content (AvgIpc) is 3.10. The molecule has 4 aromatic rings. The zero-order valence-corrected chi connectivity index (χ0v) is 11.6. The standard InChI is InChI=1S/C17H13NOS/c1-2-4-16-12(3-1)10-15(19-16)11-18-14-5-6-17-13(9-14)7-8-20-17/h1-10,18H,11H2. The highest BCUT2D eigenvalue weighted by Crippen LogP contribution is 2.25. The summed E-state index contributed by atoms with van der Waals surface area (Å²) in [7, 11) is 0. The molecule has 1 N–H and O–H groups in total. The summed E-state index contributed by atoms with van der Waals surface area (Å²) in [5, 5.41) is 7.97. The van der Waals surface area contributed by atoms with E-state index in [1.54, 1.807) is 11.3 Å². The summed E-state index contributed by atoms with van der Waals surface area (Å²) in [5.74, 6) is 0.955. The van der Waals surface area contributed by atoms with E-state index in [1.807, 2.05) is 18.2 Å². The lowest BCUT2D eigenvalue weighted by Crippen LogP contribution is -1.97. The van der Waals surface area contributed by atoms with Gasteiger partial charge < -0.3 is 9.73 Å². The number of hydrogen-bond donors (Lipinski definition) is 1. The van der Waals surface area contributed by atoms with E-state index in [0.29, 0.717) is 6.54 Å². The van der Waals surface area contributed by atoms with Gasteiger partial charge in [0, 0.05) is 15.8 Å². The van der Waals surface area contributed by atoms with Gasteiger partial charge in [0.2, 0.25) is 0 Å². The van der Waals surface area contributed by atoms with Gasteiger partial charge >= 0.3 is 0 Å². The van der Waals surface area contributed by atoms with Crippen LogP contribution in [0.2, 0.25) is 0 Å². The maximum Gasteiger partial charge on any atom is 0.134 e. The highest BCUT2D eigenvalue weighted by Gasteiger charge is 2.03. The van der Waals surface area contributed by atoms with Crippen molar-refractivity contribution in [1.82, 2.24) is 0 Å². The van der Waals surface area contributed by atoms with Crippen LogP contribution in [-0.2, 0) is 6.54 Å². The molecule has 0 saturated carbocycles. The molecule has 4 rings (SSSR count). The Morgan fingerprint density at radius 2 is 1.90 bits per heavy atom. The largest absolute Gasteiger partial charge is 0.459 e. The van der Waals surface area contributed by atoms with Crippen LogP contribution in [-0.4, -0.2) is 0 Å². The molecule has 20 heavy (non-hydrogen) atoms. The minimum Gasteiger partial charge on any atom is -0.459 e. The Morgan fingerprint density at radius 3 is 2.85 bits per heavy atom. The number of anilines is 1. The van der Waals surface area contributed by atoms with E-state index in [4.69, 9.17) is 4.42 Å². The minimum atomic E-state index is 0.699. The Hall–Kier alpha value is -2.26. The highest BCUT2D eigenvalue weighted by atomic mass is 32.1. The van der Waals surface area contributed by atoms with Crippen LogP contribution in [0.4, 0.5) is 5.69 Å². The minimum absolute atomic E-state index is 0.699. The van der Waals surface area contributed by atoms with Crippen LogP contribution >= 0.6 is 11.3 Å². The zero-order chi connectivity index (χ0) is 13.4. The Bertz CT molecular complexity index is 840. The van der Waals surface area contributed by atoms with Gasteiger partial charge in [-0.05, 0) is 47.2 Å². The van der Waals surface area contributed by atoms with Gasteiger partial charge in [-0.15, -0.1) is 11.3 Å². The monoisotopic (exact) mass is 279 g/mol. The summed E-state index contributed by atoms with van der Waals surface area (Å²) < 4.78 is 7.12. The average molecular weight is 279 g/mol. The second-order valence-electron chi connectivity index (χ2n) is 4.78. The fourth-order valence-electron chi connectivity index (χ4n) is 2.39. The van der Waals surface area contributed by atoms with E-state index in [2.05, 4.69) is 47.1 Å². The first-order chi connectivity index (χ1) is 9.88. The summed E-state index contributed by atoms with van der Waals surface area (Å²) in [6.45, 7) is 0.699. The lowest BCUT2D eigenvalue weighted by molar-refractivity contribution is 0.559. The van der Waals surface area contributed by atoms with Gasteiger partial charge in [0.15, 0.2) is 0 Å². The first-order valence-corrected chi connectivity index (χ1v) is 7.45. The Kier molecular flexibility index (Phi) is 2.71. The number of fused-ring (bicyclic) bond motifs is 2. The van der Waals surface area contributed by atoms with Gasteiger partial charge in [-0.1, -0.05) is 18.2 Å². The number of hydrogen-bond acceptors (Lipinski definition) is 3. The second-order valence-corrected chi connectivity index (χ2v) is 5.72. The summed E-state index contributed by atoms with van der Waals surface area (Å²) in [5.41, 5.74) is 2.06. The van der Waals surface area contributed by atoms with Crippen molar-refractivity contribution < 1.29 is 4.42 Å². The fourth-order valence-corrected chi connectivity index (χ4v) is 3.16. The molecule has 0 unspecified atom stereocenters. The normalized spacial score (nSPS) is 11.2. The number of rotatable bonds is 3. The van der Waals surface area contributed by atoms with Gasteiger partial charge in [-0.2, -0.15) is 0 Å². The lowest BCUT2D eigenvalue weighted by atomic mass is 10.2. The molecule has 0 spiro atoms. The van der Waals surface area contributed by atoms with Crippen LogP contribution in [0.25, 0.3) is 21.1 Å². The summed E-state index contributed by atoms with van der Waals surface area (Å²) in [6.07, 6.45) is 0. The molecular formula is C17H13NOS. The summed E-state index contributed by atoms with van der Waals surface area (Å²) in [4.78, 5) is 0. The van der Waals surface area contributed by atoms with Crippen molar-refractivity contribution in [2.45, 2.75) is 6.54 Å². The number of furan rings is 1. The Morgan fingerprint density at radius 1 is 0.950 bits per heavy atom. The van der Waals surface area contributed by atoms with Crippen LogP contribution in [0.5, 0.6) is 0 Å². The predicted molar refractivity (Wildman–Crippen MR) is 85.4 cm³/mol. The van der Waals surface area contributed by atoms with Gasteiger partial charge in [0.1, 0.15) is 11.3 Å². The number of thiophene rings is 1. The van der Waals surface area contributed by atoms with Crippen molar-refractivity contribution in [2.24, 2.45) is 0 Å². The van der Waals surface area contributed by atoms with Crippen molar-refractivity contribution in [3.63, 3.8) is 0 Å². The van der Waals surface area contributed by atoms with Crippen LogP contribution in [0.3, 0.4) is 0 Å². The molecule has 0 radical (unpaired) electrons. The molecule has 0 aliphatic rings. The molecule has 2 heterocycles. The van der Waals surface area contributed by atoms with E-state index in [1.165, 1.54) is 10.1 Å². The summed E-state index contributed by atoms with van der Waals surface area (Å²) >= 11 is 1.77. The number of nitrogens with one attached hydrogen (secondary N) is 1. The topological polar surface area (TPSA) is 25.2 Å². The molecule has 3 heteroatoms. The highest BCUT2D eigenvalue weighted by molar-refractivity contribution is 7.17. The molecule has 0 bridgehead atoms. The van der Waals surface area contributed by atoms with Crippen molar-refractivity contribution in [2.75, 3.05) is 5.32 Å². The SMILES string of the molecule is c1ccc2oc(CNc3ccc4sccc4c3)cc2c1. The molecule has 0 amide bonds. The lowest BCUT2D eigenvalue weighted by Gasteiger charge is -2.04. The van der Waals surface area contributed by atoms with Gasteiger partial charge in [0.05, 0.1) is 6.54 Å². The molecule has 2 nitrogen and oxygen atoms in total. The molecule has 0 aliphatic heterocycles.